The number of amides is 1. The van der Waals surface area contributed by atoms with Crippen LogP contribution in [0.2, 0.25) is 5.02 Å². The van der Waals surface area contributed by atoms with E-state index >= 15 is 0 Å². The van der Waals surface area contributed by atoms with E-state index in [0.29, 0.717) is 16.3 Å². The molecule has 0 aliphatic carbocycles. The molecule has 0 bridgehead atoms. The maximum Gasteiger partial charge on any atom is 0.303 e. The minimum atomic E-state index is -1.00. The Balaban J connectivity index is 2.22. The predicted octanol–water partition coefficient (Wildman–Crippen LogP) is 3.89. The van der Waals surface area contributed by atoms with Gasteiger partial charge < -0.3 is 10.1 Å². The van der Waals surface area contributed by atoms with E-state index in [1.807, 2.05) is 13.0 Å². The van der Waals surface area contributed by atoms with Gasteiger partial charge in [-0.25, -0.2) is 0 Å². The molecule has 22 heavy (non-hydrogen) atoms. The van der Waals surface area contributed by atoms with Crippen molar-refractivity contribution in [3.8, 4) is 0 Å². The third-order valence-electron chi connectivity index (χ3n) is 3.06. The largest absolute Gasteiger partial charge is 0.447 e. The van der Waals surface area contributed by atoms with Gasteiger partial charge in [0.1, 0.15) is 0 Å². The lowest BCUT2D eigenvalue weighted by Crippen LogP contribution is -2.25. The lowest BCUT2D eigenvalue weighted by molar-refractivity contribution is -0.152. The summed E-state index contributed by atoms with van der Waals surface area (Å²) in [6.07, 6.45) is -1.00. The van der Waals surface area contributed by atoms with Crippen molar-refractivity contribution in [3.05, 3.63) is 64.7 Å². The molecule has 2 aromatic carbocycles. The molecule has 0 spiro atoms. The summed E-state index contributed by atoms with van der Waals surface area (Å²) in [5.41, 5.74) is 2.07. The highest BCUT2D eigenvalue weighted by molar-refractivity contribution is 6.31. The molecular formula is C17H16ClNO3. The number of carbonyl (C=O) groups is 2. The molecule has 0 aliphatic rings. The summed E-state index contributed by atoms with van der Waals surface area (Å²) in [4.78, 5) is 23.7. The highest BCUT2D eigenvalue weighted by Gasteiger charge is 2.23. The van der Waals surface area contributed by atoms with E-state index in [-0.39, 0.29) is 0 Å². The molecule has 0 aromatic heterocycles. The second-order valence-corrected chi connectivity index (χ2v) is 5.26. The van der Waals surface area contributed by atoms with Crippen LogP contribution in [0.5, 0.6) is 0 Å². The van der Waals surface area contributed by atoms with Crippen LogP contribution >= 0.6 is 11.6 Å². The number of aryl methyl sites for hydroxylation is 1. The van der Waals surface area contributed by atoms with Gasteiger partial charge in [-0.05, 0) is 24.6 Å². The Hall–Kier alpha value is -2.33. The van der Waals surface area contributed by atoms with Gasteiger partial charge >= 0.3 is 5.97 Å². The summed E-state index contributed by atoms with van der Waals surface area (Å²) >= 11 is 6.04. The maximum atomic E-state index is 12.4. The first-order chi connectivity index (χ1) is 10.5. The topological polar surface area (TPSA) is 55.4 Å². The SMILES string of the molecule is CC(=O)OC(C(=O)Nc1ccc(C)c(Cl)c1)c1ccccc1. The summed E-state index contributed by atoms with van der Waals surface area (Å²) in [6, 6.07) is 14.1. The fraction of sp³-hybridized carbons (Fsp3) is 0.176. The second-order valence-electron chi connectivity index (χ2n) is 4.85. The standard InChI is InChI=1S/C17H16ClNO3/c1-11-8-9-14(10-15(11)18)19-17(21)16(22-12(2)20)13-6-4-3-5-7-13/h3-10,16H,1-2H3,(H,19,21). The average Bonchev–Trinajstić information content (AvgIpc) is 2.49. The Morgan fingerprint density at radius 2 is 1.82 bits per heavy atom. The van der Waals surface area contributed by atoms with Crippen LogP contribution in [-0.2, 0) is 14.3 Å². The minimum absolute atomic E-state index is 0.429. The zero-order chi connectivity index (χ0) is 16.1. The van der Waals surface area contributed by atoms with Crippen molar-refractivity contribution in [2.24, 2.45) is 0 Å². The van der Waals surface area contributed by atoms with Crippen molar-refractivity contribution in [1.29, 1.82) is 0 Å². The number of halogens is 1. The smallest absolute Gasteiger partial charge is 0.303 e. The number of benzene rings is 2. The van der Waals surface area contributed by atoms with E-state index in [9.17, 15) is 9.59 Å². The van der Waals surface area contributed by atoms with Crippen molar-refractivity contribution in [1.82, 2.24) is 0 Å². The van der Waals surface area contributed by atoms with Crippen LogP contribution in [0.3, 0.4) is 0 Å². The van der Waals surface area contributed by atoms with Crippen molar-refractivity contribution in [3.63, 3.8) is 0 Å². The van der Waals surface area contributed by atoms with Gasteiger partial charge in [-0.3, -0.25) is 9.59 Å². The Labute approximate surface area is 134 Å². The molecule has 0 aliphatic heterocycles. The third-order valence-corrected chi connectivity index (χ3v) is 3.47. The molecule has 0 heterocycles. The first-order valence-electron chi connectivity index (χ1n) is 6.76. The summed E-state index contributed by atoms with van der Waals surface area (Å²) in [5.74, 6) is -0.952. The lowest BCUT2D eigenvalue weighted by Gasteiger charge is -2.17. The van der Waals surface area contributed by atoms with Gasteiger partial charge in [-0.1, -0.05) is 48.0 Å². The quantitative estimate of drug-likeness (QED) is 0.870. The molecule has 0 saturated carbocycles. The Kier molecular flexibility index (Phi) is 5.17. The van der Waals surface area contributed by atoms with Crippen LogP contribution in [0, 0.1) is 6.92 Å². The van der Waals surface area contributed by atoms with Crippen LogP contribution in [0.25, 0.3) is 0 Å². The fourth-order valence-electron chi connectivity index (χ4n) is 1.95. The van der Waals surface area contributed by atoms with Gasteiger partial charge in [0.2, 0.25) is 6.10 Å². The van der Waals surface area contributed by atoms with Crippen molar-refractivity contribution in [2.75, 3.05) is 5.32 Å². The van der Waals surface area contributed by atoms with Crippen LogP contribution in [0.4, 0.5) is 5.69 Å². The Morgan fingerprint density at radius 1 is 1.14 bits per heavy atom. The van der Waals surface area contributed by atoms with Crippen LogP contribution in [0.1, 0.15) is 24.2 Å². The number of rotatable bonds is 4. The number of ether oxygens (including phenoxy) is 1. The van der Waals surface area contributed by atoms with Crippen LogP contribution in [-0.4, -0.2) is 11.9 Å². The van der Waals surface area contributed by atoms with E-state index in [1.165, 1.54) is 6.92 Å². The molecule has 1 N–H and O–H groups in total. The molecule has 2 aromatic rings. The molecular weight excluding hydrogens is 302 g/mol. The highest BCUT2D eigenvalue weighted by atomic mass is 35.5. The molecule has 1 amide bonds. The average molecular weight is 318 g/mol. The minimum Gasteiger partial charge on any atom is -0.447 e. The Morgan fingerprint density at radius 3 is 2.41 bits per heavy atom. The maximum absolute atomic E-state index is 12.4. The van der Waals surface area contributed by atoms with E-state index in [4.69, 9.17) is 16.3 Å². The Bertz CT molecular complexity index is 686. The van der Waals surface area contributed by atoms with E-state index in [2.05, 4.69) is 5.32 Å². The predicted molar refractivity (Wildman–Crippen MR) is 85.8 cm³/mol. The molecule has 0 radical (unpaired) electrons. The number of anilines is 1. The zero-order valence-electron chi connectivity index (χ0n) is 12.3. The van der Waals surface area contributed by atoms with Crippen molar-refractivity contribution in [2.45, 2.75) is 20.0 Å². The number of hydrogen-bond acceptors (Lipinski definition) is 3. The van der Waals surface area contributed by atoms with Gasteiger partial charge in [0.25, 0.3) is 5.91 Å². The summed E-state index contributed by atoms with van der Waals surface area (Å²) in [5, 5.41) is 3.27. The van der Waals surface area contributed by atoms with Gasteiger partial charge in [-0.2, -0.15) is 0 Å². The summed E-state index contributed by atoms with van der Waals surface area (Å²) in [6.45, 7) is 3.14. The van der Waals surface area contributed by atoms with Gasteiger partial charge in [0.15, 0.2) is 0 Å². The molecule has 114 valence electrons. The second kappa shape index (κ2) is 7.09. The zero-order valence-corrected chi connectivity index (χ0v) is 13.1. The van der Waals surface area contributed by atoms with Gasteiger partial charge in [0, 0.05) is 23.2 Å². The highest BCUT2D eigenvalue weighted by Crippen LogP contribution is 2.23. The first-order valence-corrected chi connectivity index (χ1v) is 7.14. The number of nitrogens with one attached hydrogen (secondary N) is 1. The molecule has 0 saturated heterocycles. The van der Waals surface area contributed by atoms with Gasteiger partial charge in [-0.15, -0.1) is 0 Å². The lowest BCUT2D eigenvalue weighted by atomic mass is 10.1. The summed E-state index contributed by atoms with van der Waals surface area (Å²) < 4.78 is 5.14. The molecule has 0 fully saturated rings. The molecule has 1 unspecified atom stereocenters. The third kappa shape index (κ3) is 4.09. The molecule has 4 nitrogen and oxygen atoms in total. The van der Waals surface area contributed by atoms with Crippen molar-refractivity contribution >= 4 is 29.2 Å². The monoisotopic (exact) mass is 317 g/mol. The van der Waals surface area contributed by atoms with Gasteiger partial charge in [0.05, 0.1) is 0 Å². The number of hydrogen-bond donors (Lipinski definition) is 1. The summed E-state index contributed by atoms with van der Waals surface area (Å²) in [7, 11) is 0. The van der Waals surface area contributed by atoms with Crippen molar-refractivity contribution < 1.29 is 14.3 Å². The van der Waals surface area contributed by atoms with Crippen LogP contribution in [0.15, 0.2) is 48.5 Å². The van der Waals surface area contributed by atoms with Crippen LogP contribution < -0.4 is 5.32 Å². The molecule has 2 rings (SSSR count). The van der Waals surface area contributed by atoms with E-state index < -0.39 is 18.0 Å². The number of carbonyl (C=O) groups excluding carboxylic acids is 2. The normalized spacial score (nSPS) is 11.6. The molecule has 5 heteroatoms. The molecule has 1 atom stereocenters. The fourth-order valence-corrected chi connectivity index (χ4v) is 2.13. The number of esters is 1. The van der Waals surface area contributed by atoms with E-state index in [0.717, 1.165) is 5.56 Å². The first kappa shape index (κ1) is 16.0. The van der Waals surface area contributed by atoms with E-state index in [1.54, 1.807) is 42.5 Å².